The molecule has 0 saturated heterocycles. The molecule has 0 saturated carbocycles. The first-order valence-corrected chi connectivity index (χ1v) is 7.28. The Balaban J connectivity index is 1.95. The minimum Gasteiger partial charge on any atom is -0.325 e. The van der Waals surface area contributed by atoms with E-state index in [9.17, 15) is 4.79 Å². The van der Waals surface area contributed by atoms with Crippen molar-refractivity contribution in [2.75, 3.05) is 11.9 Å². The van der Waals surface area contributed by atoms with Crippen molar-refractivity contribution in [3.63, 3.8) is 0 Å². The average Bonchev–Trinajstić information content (AvgIpc) is 2.48. The van der Waals surface area contributed by atoms with Crippen LogP contribution in [-0.4, -0.2) is 23.4 Å². The lowest BCUT2D eigenvalue weighted by Gasteiger charge is -2.25. The quantitative estimate of drug-likeness (QED) is 0.879. The number of carbonyl (C=O) groups excluding carboxylic acids is 1. The van der Waals surface area contributed by atoms with Gasteiger partial charge in [0.1, 0.15) is 0 Å². The van der Waals surface area contributed by atoms with Crippen LogP contribution >= 0.6 is 0 Å². The Bertz CT molecular complexity index is 552. The predicted octanol–water partition coefficient (Wildman–Crippen LogP) is 3.54. The van der Waals surface area contributed by atoms with Gasteiger partial charge in [0.2, 0.25) is 5.91 Å². The fourth-order valence-electron chi connectivity index (χ4n) is 2.15. The molecule has 2 aromatic rings. The third-order valence-electron chi connectivity index (χ3n) is 3.36. The van der Waals surface area contributed by atoms with Crippen LogP contribution in [0.1, 0.15) is 19.4 Å². The summed E-state index contributed by atoms with van der Waals surface area (Å²) in [6, 6.07) is 20.1. The summed E-state index contributed by atoms with van der Waals surface area (Å²) in [7, 11) is 0. The van der Waals surface area contributed by atoms with E-state index in [-0.39, 0.29) is 5.91 Å². The third-order valence-corrected chi connectivity index (χ3v) is 3.36. The number of hydrogen-bond acceptors (Lipinski definition) is 2. The molecule has 3 heteroatoms. The zero-order valence-corrected chi connectivity index (χ0v) is 12.6. The van der Waals surface area contributed by atoms with E-state index in [0.29, 0.717) is 12.6 Å². The summed E-state index contributed by atoms with van der Waals surface area (Å²) in [6.45, 7) is 5.39. The van der Waals surface area contributed by atoms with Gasteiger partial charge in [-0.05, 0) is 31.5 Å². The van der Waals surface area contributed by atoms with Gasteiger partial charge in [0.15, 0.2) is 0 Å². The van der Waals surface area contributed by atoms with Gasteiger partial charge in [-0.15, -0.1) is 0 Å². The molecule has 0 aliphatic rings. The largest absolute Gasteiger partial charge is 0.325 e. The van der Waals surface area contributed by atoms with Crippen LogP contribution < -0.4 is 5.32 Å². The number of carbonyl (C=O) groups is 1. The maximum atomic E-state index is 12.2. The van der Waals surface area contributed by atoms with Gasteiger partial charge in [0, 0.05) is 18.3 Å². The fourth-order valence-corrected chi connectivity index (χ4v) is 2.15. The van der Waals surface area contributed by atoms with Gasteiger partial charge in [-0.3, -0.25) is 9.69 Å². The van der Waals surface area contributed by atoms with E-state index in [4.69, 9.17) is 0 Å². The summed E-state index contributed by atoms with van der Waals surface area (Å²) in [5.41, 5.74) is 2.06. The molecular formula is C18H22N2O. The first-order valence-electron chi connectivity index (χ1n) is 7.28. The van der Waals surface area contributed by atoms with Crippen molar-refractivity contribution < 1.29 is 4.79 Å². The second kappa shape index (κ2) is 7.60. The van der Waals surface area contributed by atoms with Crippen molar-refractivity contribution in [2.45, 2.75) is 26.4 Å². The molecule has 0 radical (unpaired) electrons. The molecule has 1 N–H and O–H groups in total. The van der Waals surface area contributed by atoms with Crippen molar-refractivity contribution in [3.8, 4) is 0 Å². The highest BCUT2D eigenvalue weighted by atomic mass is 16.2. The van der Waals surface area contributed by atoms with Crippen molar-refractivity contribution in [3.05, 3.63) is 66.2 Å². The molecule has 110 valence electrons. The number of rotatable bonds is 6. The number of para-hydroxylation sites is 1. The molecular weight excluding hydrogens is 260 g/mol. The highest BCUT2D eigenvalue weighted by molar-refractivity contribution is 5.92. The van der Waals surface area contributed by atoms with Crippen LogP contribution in [0.15, 0.2) is 60.7 Å². The topological polar surface area (TPSA) is 32.3 Å². The van der Waals surface area contributed by atoms with Gasteiger partial charge in [0.25, 0.3) is 0 Å². The summed E-state index contributed by atoms with van der Waals surface area (Å²) >= 11 is 0. The number of nitrogens with one attached hydrogen (secondary N) is 1. The Morgan fingerprint density at radius 2 is 1.57 bits per heavy atom. The first-order chi connectivity index (χ1) is 10.1. The second-order valence-corrected chi connectivity index (χ2v) is 5.40. The molecule has 0 spiro atoms. The monoisotopic (exact) mass is 282 g/mol. The van der Waals surface area contributed by atoms with Crippen LogP contribution in [0.3, 0.4) is 0 Å². The van der Waals surface area contributed by atoms with Crippen molar-refractivity contribution >= 4 is 11.6 Å². The molecule has 0 aromatic heterocycles. The van der Waals surface area contributed by atoms with E-state index in [2.05, 4.69) is 36.2 Å². The van der Waals surface area contributed by atoms with E-state index in [1.807, 2.05) is 48.5 Å². The third kappa shape index (κ3) is 5.04. The lowest BCUT2D eigenvalue weighted by atomic mass is 10.2. The van der Waals surface area contributed by atoms with Crippen molar-refractivity contribution in [1.29, 1.82) is 0 Å². The van der Waals surface area contributed by atoms with Crippen molar-refractivity contribution in [2.24, 2.45) is 0 Å². The molecule has 0 fully saturated rings. The van der Waals surface area contributed by atoms with Crippen molar-refractivity contribution in [1.82, 2.24) is 4.90 Å². The molecule has 2 aromatic carbocycles. The SMILES string of the molecule is CC(C)N(CC(=O)Nc1ccccc1)Cc1ccccc1. The molecule has 0 atom stereocenters. The Hall–Kier alpha value is -2.13. The van der Waals surface area contributed by atoms with Gasteiger partial charge >= 0.3 is 0 Å². The van der Waals surface area contributed by atoms with E-state index < -0.39 is 0 Å². The number of nitrogens with zero attached hydrogens (tertiary/aromatic N) is 1. The normalized spacial score (nSPS) is 10.9. The summed E-state index contributed by atoms with van der Waals surface area (Å²) < 4.78 is 0. The van der Waals surface area contributed by atoms with Gasteiger partial charge < -0.3 is 5.32 Å². The molecule has 21 heavy (non-hydrogen) atoms. The van der Waals surface area contributed by atoms with Gasteiger partial charge in [-0.2, -0.15) is 0 Å². The molecule has 1 amide bonds. The lowest BCUT2D eigenvalue weighted by Crippen LogP contribution is -2.37. The van der Waals surface area contributed by atoms with Crippen LogP contribution in [0.4, 0.5) is 5.69 Å². The minimum absolute atomic E-state index is 0.0193. The fraction of sp³-hybridized carbons (Fsp3) is 0.278. The van der Waals surface area contributed by atoms with E-state index >= 15 is 0 Å². The molecule has 0 unspecified atom stereocenters. The lowest BCUT2D eigenvalue weighted by molar-refractivity contribution is -0.117. The highest BCUT2D eigenvalue weighted by Gasteiger charge is 2.14. The summed E-state index contributed by atoms with van der Waals surface area (Å²) in [6.07, 6.45) is 0. The highest BCUT2D eigenvalue weighted by Crippen LogP contribution is 2.09. The summed E-state index contributed by atoms with van der Waals surface area (Å²) in [5.74, 6) is 0.0193. The second-order valence-electron chi connectivity index (χ2n) is 5.40. The first kappa shape index (κ1) is 15.3. The summed E-state index contributed by atoms with van der Waals surface area (Å²) in [4.78, 5) is 14.3. The van der Waals surface area contributed by atoms with E-state index in [1.54, 1.807) is 0 Å². The van der Waals surface area contributed by atoms with Gasteiger partial charge in [-0.25, -0.2) is 0 Å². The maximum Gasteiger partial charge on any atom is 0.238 e. The number of anilines is 1. The number of benzene rings is 2. The maximum absolute atomic E-state index is 12.2. The van der Waals surface area contributed by atoms with Crippen LogP contribution in [0.5, 0.6) is 0 Å². The Morgan fingerprint density at radius 3 is 2.14 bits per heavy atom. The number of hydrogen-bond donors (Lipinski definition) is 1. The Morgan fingerprint density at radius 1 is 1.00 bits per heavy atom. The smallest absolute Gasteiger partial charge is 0.238 e. The molecule has 0 aliphatic heterocycles. The van der Waals surface area contributed by atoms with Crippen LogP contribution in [0, 0.1) is 0 Å². The zero-order valence-electron chi connectivity index (χ0n) is 12.6. The summed E-state index contributed by atoms with van der Waals surface area (Å²) in [5, 5.41) is 2.93. The van der Waals surface area contributed by atoms with E-state index in [0.717, 1.165) is 12.2 Å². The van der Waals surface area contributed by atoms with Crippen LogP contribution in [0.2, 0.25) is 0 Å². The minimum atomic E-state index is 0.0193. The van der Waals surface area contributed by atoms with Crippen LogP contribution in [-0.2, 0) is 11.3 Å². The predicted molar refractivity (Wildman–Crippen MR) is 87.1 cm³/mol. The Labute approximate surface area is 126 Å². The Kier molecular flexibility index (Phi) is 5.52. The molecule has 0 bridgehead atoms. The van der Waals surface area contributed by atoms with Gasteiger partial charge in [-0.1, -0.05) is 48.5 Å². The van der Waals surface area contributed by atoms with Gasteiger partial charge in [0.05, 0.1) is 6.54 Å². The standard InChI is InChI=1S/C18H22N2O/c1-15(2)20(13-16-9-5-3-6-10-16)14-18(21)19-17-11-7-4-8-12-17/h3-12,15H,13-14H2,1-2H3,(H,19,21). The number of amides is 1. The average molecular weight is 282 g/mol. The molecule has 0 heterocycles. The van der Waals surface area contributed by atoms with E-state index in [1.165, 1.54) is 5.56 Å². The zero-order chi connectivity index (χ0) is 15.1. The van der Waals surface area contributed by atoms with Crippen LogP contribution in [0.25, 0.3) is 0 Å². The molecule has 0 aliphatic carbocycles. The molecule has 3 nitrogen and oxygen atoms in total. The molecule has 2 rings (SSSR count).